The summed E-state index contributed by atoms with van der Waals surface area (Å²) in [5.41, 5.74) is 1.18. The highest BCUT2D eigenvalue weighted by Crippen LogP contribution is 2.29. The summed E-state index contributed by atoms with van der Waals surface area (Å²) in [6.45, 7) is 4.65. The van der Waals surface area contributed by atoms with Crippen LogP contribution >= 0.6 is 36.2 Å². The number of rotatable bonds is 5. The number of hydrogen-bond donors (Lipinski definition) is 1. The zero-order valence-corrected chi connectivity index (χ0v) is 15.1. The average molecular weight is 354 g/mol. The Morgan fingerprint density at radius 2 is 2.29 bits per heavy atom. The summed E-state index contributed by atoms with van der Waals surface area (Å²) >= 11 is 1.75. The molecule has 4 nitrogen and oxygen atoms in total. The van der Waals surface area contributed by atoms with E-state index in [-0.39, 0.29) is 30.7 Å². The molecular formula is C14H25Cl2N3OS. The van der Waals surface area contributed by atoms with Crippen molar-refractivity contribution in [1.29, 1.82) is 0 Å². The van der Waals surface area contributed by atoms with Gasteiger partial charge in [-0.1, -0.05) is 6.92 Å². The Balaban J connectivity index is 0.00000200. The van der Waals surface area contributed by atoms with Gasteiger partial charge in [-0.05, 0) is 26.3 Å². The Kier molecular flexibility index (Phi) is 10.2. The molecule has 1 N–H and O–H groups in total. The van der Waals surface area contributed by atoms with Crippen molar-refractivity contribution in [3.05, 3.63) is 16.1 Å². The predicted octanol–water partition coefficient (Wildman–Crippen LogP) is 2.86. The molecule has 2 heterocycles. The van der Waals surface area contributed by atoms with Crippen LogP contribution in [0, 0.1) is 0 Å². The molecule has 1 aliphatic rings. The van der Waals surface area contributed by atoms with E-state index < -0.39 is 0 Å². The number of nitrogens with zero attached hydrogens (tertiary/aromatic N) is 2. The summed E-state index contributed by atoms with van der Waals surface area (Å²) in [4.78, 5) is 18.8. The monoisotopic (exact) mass is 353 g/mol. The second-order valence-electron chi connectivity index (χ2n) is 5.06. The number of carbonyl (C=O) groups is 1. The Bertz CT molecular complexity index is 428. The lowest BCUT2D eigenvalue weighted by Gasteiger charge is -2.32. The van der Waals surface area contributed by atoms with Gasteiger partial charge in [0, 0.05) is 37.4 Å². The van der Waals surface area contributed by atoms with Gasteiger partial charge in [0.15, 0.2) is 0 Å². The second-order valence-corrected chi connectivity index (χ2v) is 5.95. The van der Waals surface area contributed by atoms with E-state index in [0.717, 1.165) is 38.9 Å². The van der Waals surface area contributed by atoms with Crippen LogP contribution in [0.15, 0.2) is 5.38 Å². The summed E-state index contributed by atoms with van der Waals surface area (Å²) in [5, 5.41) is 6.39. The van der Waals surface area contributed by atoms with Crippen LogP contribution in [0.5, 0.6) is 0 Å². The van der Waals surface area contributed by atoms with Crippen LogP contribution in [0.4, 0.5) is 0 Å². The highest BCUT2D eigenvalue weighted by molar-refractivity contribution is 7.09. The SMILES string of the molecule is CCc1csc(C2CCCN(C(=O)CCNC)C2)n1.Cl.Cl. The predicted molar refractivity (Wildman–Crippen MR) is 93.1 cm³/mol. The molecule has 0 aliphatic carbocycles. The van der Waals surface area contributed by atoms with E-state index in [2.05, 4.69) is 22.6 Å². The zero-order chi connectivity index (χ0) is 13.7. The third-order valence-electron chi connectivity index (χ3n) is 3.64. The number of amides is 1. The van der Waals surface area contributed by atoms with Gasteiger partial charge >= 0.3 is 0 Å². The smallest absolute Gasteiger partial charge is 0.223 e. The fraction of sp³-hybridized carbons (Fsp3) is 0.714. The van der Waals surface area contributed by atoms with E-state index in [1.807, 2.05) is 11.9 Å². The number of halogens is 2. The maximum Gasteiger partial charge on any atom is 0.223 e. The van der Waals surface area contributed by atoms with Gasteiger partial charge in [-0.25, -0.2) is 4.98 Å². The molecule has 2 rings (SSSR count). The molecule has 1 aromatic heterocycles. The first-order valence-corrected chi connectivity index (χ1v) is 7.99. The standard InChI is InChI=1S/C14H23N3OS.2ClH/c1-3-12-10-19-14(16-12)11-5-4-8-17(9-11)13(18)6-7-15-2;;/h10-11,15H,3-9H2,1-2H3;2*1H. The van der Waals surface area contributed by atoms with Crippen molar-refractivity contribution < 1.29 is 4.79 Å². The number of aryl methyl sites for hydroxylation is 1. The van der Waals surface area contributed by atoms with Gasteiger partial charge in [0.2, 0.25) is 5.91 Å². The Morgan fingerprint density at radius 1 is 1.52 bits per heavy atom. The minimum atomic E-state index is 0. The highest BCUT2D eigenvalue weighted by Gasteiger charge is 2.26. The van der Waals surface area contributed by atoms with Crippen molar-refractivity contribution in [3.63, 3.8) is 0 Å². The summed E-state index contributed by atoms with van der Waals surface area (Å²) in [6, 6.07) is 0. The molecule has 21 heavy (non-hydrogen) atoms. The number of likely N-dealkylation sites (tertiary alicyclic amines) is 1. The average Bonchev–Trinajstić information content (AvgIpc) is 2.94. The molecule has 1 unspecified atom stereocenters. The van der Waals surface area contributed by atoms with Crippen LogP contribution < -0.4 is 5.32 Å². The minimum absolute atomic E-state index is 0. The van der Waals surface area contributed by atoms with Gasteiger partial charge in [-0.3, -0.25) is 4.79 Å². The molecule has 1 atom stereocenters. The number of aromatic nitrogens is 1. The molecule has 0 bridgehead atoms. The fourth-order valence-corrected chi connectivity index (χ4v) is 3.50. The molecule has 1 saturated heterocycles. The van der Waals surface area contributed by atoms with Crippen molar-refractivity contribution in [1.82, 2.24) is 15.2 Å². The van der Waals surface area contributed by atoms with Crippen LogP contribution in [0.25, 0.3) is 0 Å². The van der Waals surface area contributed by atoms with Crippen molar-refractivity contribution in [3.8, 4) is 0 Å². The molecule has 1 aromatic rings. The highest BCUT2D eigenvalue weighted by atomic mass is 35.5. The fourth-order valence-electron chi connectivity index (χ4n) is 2.47. The summed E-state index contributed by atoms with van der Waals surface area (Å²) < 4.78 is 0. The molecular weight excluding hydrogens is 329 g/mol. The van der Waals surface area contributed by atoms with Gasteiger partial charge in [0.25, 0.3) is 0 Å². The second kappa shape index (κ2) is 10.4. The van der Waals surface area contributed by atoms with E-state index >= 15 is 0 Å². The molecule has 0 aromatic carbocycles. The van der Waals surface area contributed by atoms with Gasteiger partial charge in [0.1, 0.15) is 0 Å². The molecule has 122 valence electrons. The topological polar surface area (TPSA) is 45.2 Å². The third-order valence-corrected chi connectivity index (χ3v) is 4.70. The van der Waals surface area contributed by atoms with Crippen LogP contribution in [0.3, 0.4) is 0 Å². The molecule has 1 fully saturated rings. The van der Waals surface area contributed by atoms with Gasteiger partial charge in [-0.15, -0.1) is 36.2 Å². The van der Waals surface area contributed by atoms with E-state index in [4.69, 9.17) is 0 Å². The summed E-state index contributed by atoms with van der Waals surface area (Å²) in [6.07, 6.45) is 3.85. The largest absolute Gasteiger partial charge is 0.342 e. The van der Waals surface area contributed by atoms with E-state index in [0.29, 0.717) is 12.3 Å². The van der Waals surface area contributed by atoms with Crippen LogP contribution in [-0.4, -0.2) is 42.5 Å². The molecule has 7 heteroatoms. The van der Waals surface area contributed by atoms with E-state index in [1.165, 1.54) is 10.7 Å². The quantitative estimate of drug-likeness (QED) is 0.884. The first-order valence-electron chi connectivity index (χ1n) is 7.11. The van der Waals surface area contributed by atoms with Gasteiger partial charge < -0.3 is 10.2 Å². The van der Waals surface area contributed by atoms with Crippen molar-refractivity contribution >= 4 is 42.1 Å². The minimum Gasteiger partial charge on any atom is -0.342 e. The maximum atomic E-state index is 12.1. The third kappa shape index (κ3) is 5.74. The van der Waals surface area contributed by atoms with E-state index in [9.17, 15) is 4.79 Å². The Hall–Kier alpha value is -0.360. The number of thiazole rings is 1. The lowest BCUT2D eigenvalue weighted by molar-refractivity contribution is -0.132. The Morgan fingerprint density at radius 3 is 2.90 bits per heavy atom. The molecule has 1 aliphatic heterocycles. The molecule has 0 spiro atoms. The van der Waals surface area contributed by atoms with Crippen molar-refractivity contribution in [2.45, 2.75) is 38.5 Å². The summed E-state index contributed by atoms with van der Waals surface area (Å²) in [5.74, 6) is 0.712. The van der Waals surface area contributed by atoms with Gasteiger partial charge in [0.05, 0.1) is 10.7 Å². The van der Waals surface area contributed by atoms with Crippen LogP contribution in [0.2, 0.25) is 0 Å². The molecule has 1 amide bonds. The first kappa shape index (κ1) is 20.6. The number of carbonyl (C=O) groups excluding carboxylic acids is 1. The number of piperidine rings is 1. The summed E-state index contributed by atoms with van der Waals surface area (Å²) in [7, 11) is 1.88. The first-order chi connectivity index (χ1) is 9.24. The lowest BCUT2D eigenvalue weighted by atomic mass is 9.98. The Labute approximate surface area is 143 Å². The number of nitrogens with one attached hydrogen (secondary N) is 1. The lowest BCUT2D eigenvalue weighted by Crippen LogP contribution is -2.40. The van der Waals surface area contributed by atoms with Crippen LogP contribution in [-0.2, 0) is 11.2 Å². The zero-order valence-electron chi connectivity index (χ0n) is 12.6. The van der Waals surface area contributed by atoms with Crippen molar-refractivity contribution in [2.24, 2.45) is 0 Å². The molecule has 0 saturated carbocycles. The maximum absolute atomic E-state index is 12.1. The number of hydrogen-bond acceptors (Lipinski definition) is 4. The normalized spacial score (nSPS) is 17.8. The molecule has 0 radical (unpaired) electrons. The van der Waals surface area contributed by atoms with Gasteiger partial charge in [-0.2, -0.15) is 0 Å². The van der Waals surface area contributed by atoms with Crippen LogP contribution in [0.1, 0.15) is 42.8 Å². The van der Waals surface area contributed by atoms with E-state index in [1.54, 1.807) is 11.3 Å². The van der Waals surface area contributed by atoms with Crippen molar-refractivity contribution in [2.75, 3.05) is 26.7 Å².